The van der Waals surface area contributed by atoms with Gasteiger partial charge in [-0.3, -0.25) is 14.4 Å². The van der Waals surface area contributed by atoms with Gasteiger partial charge in [0.1, 0.15) is 5.82 Å². The van der Waals surface area contributed by atoms with E-state index >= 15 is 0 Å². The molecule has 0 aliphatic rings. The lowest BCUT2D eigenvalue weighted by atomic mass is 10.3. The van der Waals surface area contributed by atoms with E-state index in [-0.39, 0.29) is 29.7 Å². The quantitative estimate of drug-likeness (QED) is 0.564. The Labute approximate surface area is 119 Å². The molecule has 0 aromatic heterocycles. The molecule has 1 aromatic rings. The average Bonchev–Trinajstić information content (AvgIpc) is 2.37. The Bertz CT molecular complexity index is 537. The summed E-state index contributed by atoms with van der Waals surface area (Å²) in [6.07, 6.45) is 0. The number of carbonyl (C=O) groups excluding carboxylic acids is 3. The fourth-order valence-electron chi connectivity index (χ4n) is 1.26. The van der Waals surface area contributed by atoms with Crippen LogP contribution in [0.2, 0.25) is 5.02 Å². The third-order valence-electron chi connectivity index (χ3n) is 2.17. The number of hydrogen-bond acceptors (Lipinski definition) is 3. The molecular weight excluding hydrogens is 289 g/mol. The summed E-state index contributed by atoms with van der Waals surface area (Å²) in [7, 11) is 0. The van der Waals surface area contributed by atoms with E-state index in [9.17, 15) is 18.8 Å². The summed E-state index contributed by atoms with van der Waals surface area (Å²) in [6, 6.07) is 3.65. The Morgan fingerprint density at radius 3 is 2.40 bits per heavy atom. The van der Waals surface area contributed by atoms with E-state index in [0.717, 1.165) is 6.07 Å². The highest BCUT2D eigenvalue weighted by molar-refractivity contribution is 6.39. The molecule has 1 aromatic carbocycles. The van der Waals surface area contributed by atoms with E-state index in [1.54, 1.807) is 0 Å². The van der Waals surface area contributed by atoms with Crippen molar-refractivity contribution in [3.05, 3.63) is 29.0 Å². The van der Waals surface area contributed by atoms with Gasteiger partial charge >= 0.3 is 11.8 Å². The monoisotopic (exact) mass is 301 g/mol. The van der Waals surface area contributed by atoms with Crippen molar-refractivity contribution >= 4 is 35.0 Å². The second kappa shape index (κ2) is 7.44. The van der Waals surface area contributed by atoms with Gasteiger partial charge in [-0.05, 0) is 18.2 Å². The van der Waals surface area contributed by atoms with Crippen LogP contribution in [0.3, 0.4) is 0 Å². The number of amides is 3. The minimum Gasteiger partial charge on any atom is -0.355 e. The Balaban J connectivity index is 2.45. The minimum absolute atomic E-state index is 0.0922. The molecule has 0 spiro atoms. The van der Waals surface area contributed by atoms with Gasteiger partial charge < -0.3 is 16.0 Å². The topological polar surface area (TPSA) is 87.3 Å². The van der Waals surface area contributed by atoms with Gasteiger partial charge in [-0.2, -0.15) is 0 Å². The smallest absolute Gasteiger partial charge is 0.313 e. The highest BCUT2D eigenvalue weighted by Crippen LogP contribution is 2.18. The maximum Gasteiger partial charge on any atom is 0.313 e. The van der Waals surface area contributed by atoms with E-state index in [0.29, 0.717) is 0 Å². The summed E-state index contributed by atoms with van der Waals surface area (Å²) >= 11 is 5.56. The molecular formula is C12H13ClFN3O3. The van der Waals surface area contributed by atoms with Gasteiger partial charge in [-0.15, -0.1) is 0 Å². The average molecular weight is 302 g/mol. The lowest BCUT2D eigenvalue weighted by Gasteiger charge is -2.07. The largest absolute Gasteiger partial charge is 0.355 e. The van der Waals surface area contributed by atoms with Crippen LogP contribution in [0.5, 0.6) is 0 Å². The van der Waals surface area contributed by atoms with Gasteiger partial charge in [0.05, 0.1) is 5.69 Å². The first-order valence-electron chi connectivity index (χ1n) is 5.69. The molecule has 0 radical (unpaired) electrons. The summed E-state index contributed by atoms with van der Waals surface area (Å²) < 4.78 is 13.4. The molecule has 6 nitrogen and oxygen atoms in total. The first-order chi connectivity index (χ1) is 9.40. The minimum atomic E-state index is -1.01. The highest BCUT2D eigenvalue weighted by atomic mass is 35.5. The van der Waals surface area contributed by atoms with Gasteiger partial charge in [0.2, 0.25) is 5.91 Å². The van der Waals surface area contributed by atoms with Gasteiger partial charge in [0.15, 0.2) is 0 Å². The Morgan fingerprint density at radius 1 is 1.15 bits per heavy atom. The van der Waals surface area contributed by atoms with Crippen molar-refractivity contribution in [1.29, 1.82) is 0 Å². The molecule has 0 atom stereocenters. The van der Waals surface area contributed by atoms with E-state index < -0.39 is 17.6 Å². The number of benzene rings is 1. The molecule has 3 amide bonds. The molecule has 20 heavy (non-hydrogen) atoms. The zero-order valence-electron chi connectivity index (χ0n) is 10.6. The molecule has 108 valence electrons. The van der Waals surface area contributed by atoms with Crippen LogP contribution in [0.15, 0.2) is 18.2 Å². The number of rotatable bonds is 4. The van der Waals surface area contributed by atoms with Crippen LogP contribution < -0.4 is 16.0 Å². The Hall–Kier alpha value is -2.15. The van der Waals surface area contributed by atoms with Crippen molar-refractivity contribution in [3.8, 4) is 0 Å². The lowest BCUT2D eigenvalue weighted by molar-refractivity contribution is -0.136. The Morgan fingerprint density at radius 2 is 1.80 bits per heavy atom. The summed E-state index contributed by atoms with van der Waals surface area (Å²) in [4.78, 5) is 33.4. The Kier molecular flexibility index (Phi) is 5.92. The van der Waals surface area contributed by atoms with Crippen molar-refractivity contribution < 1.29 is 18.8 Å². The van der Waals surface area contributed by atoms with Crippen molar-refractivity contribution in [1.82, 2.24) is 10.6 Å². The standard InChI is InChI=1S/C12H13ClFN3O3/c1-7(18)15-4-5-16-11(19)12(20)17-10-3-2-8(13)6-9(10)14/h2-3,6H,4-5H2,1H3,(H,15,18)(H,16,19)(H,17,20). The van der Waals surface area contributed by atoms with Crippen molar-refractivity contribution in [3.63, 3.8) is 0 Å². The summed E-state index contributed by atoms with van der Waals surface area (Å²) in [5.41, 5.74) is -0.142. The molecule has 0 aliphatic carbocycles. The number of nitrogens with one attached hydrogen (secondary N) is 3. The van der Waals surface area contributed by atoms with Crippen molar-refractivity contribution in [2.45, 2.75) is 6.92 Å². The molecule has 8 heteroatoms. The second-order valence-electron chi connectivity index (χ2n) is 3.82. The van der Waals surface area contributed by atoms with E-state index in [4.69, 9.17) is 11.6 Å². The SMILES string of the molecule is CC(=O)NCCNC(=O)C(=O)Nc1ccc(Cl)cc1F. The first-order valence-corrected chi connectivity index (χ1v) is 6.06. The highest BCUT2D eigenvalue weighted by Gasteiger charge is 2.15. The summed E-state index contributed by atoms with van der Waals surface area (Å²) in [5, 5.41) is 7.02. The van der Waals surface area contributed by atoms with Crippen LogP contribution in [0, 0.1) is 5.82 Å². The molecule has 0 saturated heterocycles. The van der Waals surface area contributed by atoms with Gasteiger partial charge in [0.25, 0.3) is 0 Å². The summed E-state index contributed by atoms with van der Waals surface area (Å²) in [5.74, 6) is -2.91. The van der Waals surface area contributed by atoms with Crippen LogP contribution in [0.4, 0.5) is 10.1 Å². The molecule has 0 bridgehead atoms. The maximum atomic E-state index is 13.4. The van der Waals surface area contributed by atoms with Crippen LogP contribution in [-0.2, 0) is 14.4 Å². The van der Waals surface area contributed by atoms with Gasteiger partial charge in [-0.25, -0.2) is 4.39 Å². The maximum absolute atomic E-state index is 13.4. The number of halogens is 2. The van der Waals surface area contributed by atoms with Gasteiger partial charge in [-0.1, -0.05) is 11.6 Å². The van der Waals surface area contributed by atoms with Crippen LogP contribution in [0.1, 0.15) is 6.92 Å². The molecule has 0 heterocycles. The number of hydrogen-bond donors (Lipinski definition) is 3. The number of anilines is 1. The first kappa shape index (κ1) is 15.9. The van der Waals surface area contributed by atoms with Crippen LogP contribution in [0.25, 0.3) is 0 Å². The predicted octanol–water partition coefficient (Wildman–Crippen LogP) is 0.670. The lowest BCUT2D eigenvalue weighted by Crippen LogP contribution is -2.39. The predicted molar refractivity (Wildman–Crippen MR) is 71.7 cm³/mol. The van der Waals surface area contributed by atoms with Crippen molar-refractivity contribution in [2.24, 2.45) is 0 Å². The van der Waals surface area contributed by atoms with Gasteiger partial charge in [0, 0.05) is 25.0 Å². The van der Waals surface area contributed by atoms with E-state index in [1.165, 1.54) is 19.1 Å². The van der Waals surface area contributed by atoms with Crippen LogP contribution in [-0.4, -0.2) is 30.8 Å². The third-order valence-corrected chi connectivity index (χ3v) is 2.41. The van der Waals surface area contributed by atoms with Crippen LogP contribution >= 0.6 is 11.6 Å². The second-order valence-corrected chi connectivity index (χ2v) is 4.25. The normalized spacial score (nSPS) is 9.75. The number of carbonyl (C=O) groups is 3. The van der Waals surface area contributed by atoms with E-state index in [1.807, 2.05) is 0 Å². The molecule has 0 aliphatic heterocycles. The van der Waals surface area contributed by atoms with Crippen molar-refractivity contribution in [2.75, 3.05) is 18.4 Å². The zero-order chi connectivity index (χ0) is 15.1. The third kappa shape index (κ3) is 5.23. The summed E-state index contributed by atoms with van der Waals surface area (Å²) in [6.45, 7) is 1.62. The fraction of sp³-hybridized carbons (Fsp3) is 0.250. The molecule has 0 saturated carbocycles. The molecule has 0 fully saturated rings. The molecule has 0 unspecified atom stereocenters. The molecule has 3 N–H and O–H groups in total. The zero-order valence-corrected chi connectivity index (χ0v) is 11.4. The molecule has 1 rings (SSSR count). The fourth-order valence-corrected chi connectivity index (χ4v) is 1.42. The van der Waals surface area contributed by atoms with E-state index in [2.05, 4.69) is 16.0 Å².